The zero-order valence-corrected chi connectivity index (χ0v) is 19.5. The number of ether oxygens (including phenoxy) is 1. The fourth-order valence-electron chi connectivity index (χ4n) is 4.29. The van der Waals surface area contributed by atoms with E-state index >= 15 is 0 Å². The molecule has 2 aliphatic rings. The highest BCUT2D eigenvalue weighted by Gasteiger charge is 2.44. The van der Waals surface area contributed by atoms with Crippen molar-refractivity contribution in [3.05, 3.63) is 59.2 Å². The van der Waals surface area contributed by atoms with E-state index in [1.165, 1.54) is 12.1 Å². The number of carbonyl (C=O) groups excluding carboxylic acids is 5. The third-order valence-corrected chi connectivity index (χ3v) is 6.09. The molecule has 35 heavy (non-hydrogen) atoms. The Hall–Kier alpha value is -4.05. The summed E-state index contributed by atoms with van der Waals surface area (Å²) in [4.78, 5) is 64.6. The van der Waals surface area contributed by atoms with Crippen molar-refractivity contribution in [3.8, 4) is 5.75 Å². The second-order valence-corrected chi connectivity index (χ2v) is 8.56. The van der Waals surface area contributed by atoms with Crippen molar-refractivity contribution in [2.75, 3.05) is 32.6 Å². The topological polar surface area (TPSA) is 125 Å². The molecule has 1 fully saturated rings. The van der Waals surface area contributed by atoms with Crippen LogP contribution in [0.25, 0.3) is 0 Å². The van der Waals surface area contributed by atoms with Crippen LogP contribution in [0.2, 0.25) is 0 Å². The smallest absolute Gasteiger partial charge is 0.262 e. The number of hydrogen-bond donors (Lipinski definition) is 2. The highest BCUT2D eigenvalue weighted by molar-refractivity contribution is 6.23. The number of likely N-dealkylation sites (N-methyl/N-ethyl adjacent to an activating group) is 1. The Morgan fingerprint density at radius 3 is 2.60 bits per heavy atom. The number of piperidine rings is 1. The quantitative estimate of drug-likeness (QED) is 0.547. The number of carbonyl (C=O) groups is 5. The highest BCUT2D eigenvalue weighted by Crippen LogP contribution is 2.29. The molecular formula is C25H26N4O6. The molecular weight excluding hydrogens is 452 g/mol. The molecule has 4 rings (SSSR count). The number of benzene rings is 2. The minimum atomic E-state index is -1.03. The van der Waals surface area contributed by atoms with Crippen molar-refractivity contribution in [2.45, 2.75) is 25.3 Å². The number of amides is 5. The van der Waals surface area contributed by atoms with Gasteiger partial charge in [-0.25, -0.2) is 0 Å². The van der Waals surface area contributed by atoms with E-state index in [4.69, 9.17) is 4.74 Å². The molecule has 0 bridgehead atoms. The van der Waals surface area contributed by atoms with Gasteiger partial charge < -0.3 is 10.1 Å². The molecule has 0 aliphatic carbocycles. The molecule has 0 spiro atoms. The Bertz CT molecular complexity index is 1210. The van der Waals surface area contributed by atoms with Gasteiger partial charge in [0.15, 0.2) is 0 Å². The molecule has 2 N–H and O–H groups in total. The lowest BCUT2D eigenvalue weighted by atomic mass is 10.0. The van der Waals surface area contributed by atoms with Gasteiger partial charge in [0.1, 0.15) is 11.8 Å². The van der Waals surface area contributed by atoms with Crippen LogP contribution in [0.3, 0.4) is 0 Å². The van der Waals surface area contributed by atoms with Gasteiger partial charge in [0.25, 0.3) is 11.8 Å². The summed E-state index contributed by atoms with van der Waals surface area (Å²) in [5, 5.41) is 4.92. The van der Waals surface area contributed by atoms with Crippen LogP contribution in [0.4, 0.5) is 5.69 Å². The first-order valence-corrected chi connectivity index (χ1v) is 11.2. The monoisotopic (exact) mass is 478 g/mol. The summed E-state index contributed by atoms with van der Waals surface area (Å²) in [5.74, 6) is -1.78. The summed E-state index contributed by atoms with van der Waals surface area (Å²) < 4.78 is 5.36. The van der Waals surface area contributed by atoms with Crippen molar-refractivity contribution in [3.63, 3.8) is 0 Å². The van der Waals surface area contributed by atoms with Gasteiger partial charge in [-0.15, -0.1) is 0 Å². The van der Waals surface area contributed by atoms with Crippen LogP contribution in [0.15, 0.2) is 42.5 Å². The van der Waals surface area contributed by atoms with Crippen LogP contribution >= 0.6 is 0 Å². The largest absolute Gasteiger partial charge is 0.496 e. The molecule has 2 heterocycles. The molecule has 2 aromatic carbocycles. The Labute approximate surface area is 202 Å². The molecule has 1 unspecified atom stereocenters. The van der Waals surface area contributed by atoms with Gasteiger partial charge in [0, 0.05) is 18.7 Å². The number of fused-ring (bicyclic) bond motifs is 1. The molecule has 2 aliphatic heterocycles. The Morgan fingerprint density at radius 1 is 1.11 bits per heavy atom. The first-order chi connectivity index (χ1) is 16.8. The van der Waals surface area contributed by atoms with Crippen LogP contribution in [0.1, 0.15) is 39.1 Å². The van der Waals surface area contributed by atoms with E-state index in [2.05, 4.69) is 10.6 Å². The Kier molecular flexibility index (Phi) is 6.92. The SMILES string of the molecule is COc1ccccc1CCN(C)CC(=O)Nc1ccc2c(c1)C(=O)N(C1CCC(=O)NC1=O)C2=O. The summed E-state index contributed by atoms with van der Waals surface area (Å²) in [6.45, 7) is 0.757. The van der Waals surface area contributed by atoms with Crippen LogP contribution in [-0.4, -0.2) is 72.6 Å². The third-order valence-electron chi connectivity index (χ3n) is 6.09. The van der Waals surface area contributed by atoms with Gasteiger partial charge in [0.05, 0.1) is 24.8 Å². The molecule has 2 aromatic rings. The number of rotatable bonds is 8. The standard InChI is InChI=1S/C25H26N4O6/c1-28(12-11-15-5-3-4-6-20(15)35-2)14-22(31)26-16-7-8-17-18(13-16)25(34)29(24(17)33)19-9-10-21(30)27-23(19)32/h3-8,13,19H,9-12,14H2,1-2H3,(H,26,31)(H,27,30,32). The first kappa shape index (κ1) is 24.1. The Morgan fingerprint density at radius 2 is 1.86 bits per heavy atom. The predicted octanol–water partition coefficient (Wildman–Crippen LogP) is 1.21. The molecule has 0 saturated carbocycles. The second kappa shape index (κ2) is 10.1. The van der Waals surface area contributed by atoms with E-state index in [1.54, 1.807) is 13.2 Å². The van der Waals surface area contributed by atoms with Gasteiger partial charge in [-0.1, -0.05) is 18.2 Å². The van der Waals surface area contributed by atoms with Crippen molar-refractivity contribution in [1.82, 2.24) is 15.1 Å². The number of para-hydroxylation sites is 1. The van der Waals surface area contributed by atoms with E-state index in [9.17, 15) is 24.0 Å². The number of imide groups is 2. The maximum atomic E-state index is 12.9. The summed E-state index contributed by atoms with van der Waals surface area (Å²) >= 11 is 0. The number of hydrogen-bond acceptors (Lipinski definition) is 7. The molecule has 0 aromatic heterocycles. The minimum absolute atomic E-state index is 0.0513. The van der Waals surface area contributed by atoms with Gasteiger partial charge in [-0.3, -0.25) is 39.1 Å². The third kappa shape index (κ3) is 5.07. The van der Waals surface area contributed by atoms with Crippen molar-refractivity contribution >= 4 is 35.2 Å². The lowest BCUT2D eigenvalue weighted by molar-refractivity contribution is -0.136. The fraction of sp³-hybridized carbons (Fsp3) is 0.320. The van der Waals surface area contributed by atoms with E-state index in [1.807, 2.05) is 36.2 Å². The lowest BCUT2D eigenvalue weighted by Gasteiger charge is -2.27. The molecule has 1 atom stereocenters. The molecule has 10 nitrogen and oxygen atoms in total. The number of nitrogens with one attached hydrogen (secondary N) is 2. The molecule has 10 heteroatoms. The molecule has 182 valence electrons. The summed E-state index contributed by atoms with van der Waals surface area (Å²) in [7, 11) is 3.45. The average molecular weight is 479 g/mol. The zero-order valence-electron chi connectivity index (χ0n) is 19.5. The van der Waals surface area contributed by atoms with Crippen molar-refractivity contribution in [2.24, 2.45) is 0 Å². The second-order valence-electron chi connectivity index (χ2n) is 8.56. The van der Waals surface area contributed by atoms with Gasteiger partial charge in [0.2, 0.25) is 17.7 Å². The van der Waals surface area contributed by atoms with E-state index in [0.29, 0.717) is 18.7 Å². The van der Waals surface area contributed by atoms with Gasteiger partial charge >= 0.3 is 0 Å². The number of anilines is 1. The summed E-state index contributed by atoms with van der Waals surface area (Å²) in [5.41, 5.74) is 1.69. The zero-order chi connectivity index (χ0) is 25.1. The Balaban J connectivity index is 1.37. The maximum absolute atomic E-state index is 12.9. The van der Waals surface area contributed by atoms with Crippen LogP contribution in [-0.2, 0) is 20.8 Å². The average Bonchev–Trinajstić information content (AvgIpc) is 3.07. The van der Waals surface area contributed by atoms with Crippen molar-refractivity contribution < 1.29 is 28.7 Å². The van der Waals surface area contributed by atoms with E-state index in [0.717, 1.165) is 16.2 Å². The lowest BCUT2D eigenvalue weighted by Crippen LogP contribution is -2.54. The summed E-state index contributed by atoms with van der Waals surface area (Å²) in [6, 6.07) is 11.1. The normalized spacial score (nSPS) is 17.5. The maximum Gasteiger partial charge on any atom is 0.262 e. The van der Waals surface area contributed by atoms with Crippen LogP contribution in [0, 0.1) is 0 Å². The van der Waals surface area contributed by atoms with Gasteiger partial charge in [-0.2, -0.15) is 0 Å². The highest BCUT2D eigenvalue weighted by atomic mass is 16.5. The van der Waals surface area contributed by atoms with Crippen LogP contribution in [0.5, 0.6) is 5.75 Å². The van der Waals surface area contributed by atoms with E-state index < -0.39 is 29.7 Å². The summed E-state index contributed by atoms with van der Waals surface area (Å²) in [6.07, 6.45) is 0.843. The fourth-order valence-corrected chi connectivity index (χ4v) is 4.29. The van der Waals surface area contributed by atoms with Crippen LogP contribution < -0.4 is 15.4 Å². The van der Waals surface area contributed by atoms with Gasteiger partial charge in [-0.05, 0) is 49.7 Å². The predicted molar refractivity (Wildman–Crippen MR) is 126 cm³/mol. The van der Waals surface area contributed by atoms with Crippen molar-refractivity contribution in [1.29, 1.82) is 0 Å². The first-order valence-electron chi connectivity index (χ1n) is 11.2. The van der Waals surface area contributed by atoms with E-state index in [-0.39, 0.29) is 36.4 Å². The molecule has 0 radical (unpaired) electrons. The minimum Gasteiger partial charge on any atom is -0.496 e. The molecule has 1 saturated heterocycles. The number of nitrogens with zero attached hydrogens (tertiary/aromatic N) is 2. The number of methoxy groups -OCH3 is 1. The molecule has 5 amide bonds.